The summed E-state index contributed by atoms with van der Waals surface area (Å²) in [5.74, 6) is -3.73. The van der Waals surface area contributed by atoms with Crippen LogP contribution in [0.2, 0.25) is 0 Å². The molecule has 256 valence electrons. The molecule has 0 bridgehead atoms. The number of hydrogen-bond donors (Lipinski definition) is 9. The van der Waals surface area contributed by atoms with Crippen molar-refractivity contribution in [3.05, 3.63) is 72.1 Å². The van der Waals surface area contributed by atoms with E-state index in [1.807, 2.05) is 48.5 Å². The summed E-state index contributed by atoms with van der Waals surface area (Å²) in [5, 5.41) is 21.9. The van der Waals surface area contributed by atoms with Gasteiger partial charge in [-0.05, 0) is 56.5 Å². The molecule has 0 unspecified atom stereocenters. The van der Waals surface area contributed by atoms with Gasteiger partial charge in [0.1, 0.15) is 24.2 Å². The summed E-state index contributed by atoms with van der Waals surface area (Å²) in [6, 6.07) is 9.57. The van der Waals surface area contributed by atoms with E-state index < -0.39 is 59.8 Å². The van der Waals surface area contributed by atoms with Gasteiger partial charge in [-0.25, -0.2) is 4.79 Å². The number of carbonyl (C=O) groups is 5. The molecule has 48 heavy (non-hydrogen) atoms. The van der Waals surface area contributed by atoms with Gasteiger partial charge in [-0.2, -0.15) is 0 Å². The van der Waals surface area contributed by atoms with Crippen LogP contribution in [0.5, 0.6) is 0 Å². The second-order valence-electron chi connectivity index (χ2n) is 11.9. The van der Waals surface area contributed by atoms with Gasteiger partial charge in [0.2, 0.25) is 23.6 Å². The molecule has 4 rings (SSSR count). The van der Waals surface area contributed by atoms with Crippen molar-refractivity contribution in [2.24, 2.45) is 11.5 Å². The van der Waals surface area contributed by atoms with Crippen LogP contribution in [0.15, 0.2) is 60.9 Å². The Balaban J connectivity index is 1.37. The summed E-state index contributed by atoms with van der Waals surface area (Å²) in [6.45, 7) is 3.34. The van der Waals surface area contributed by atoms with Crippen LogP contribution in [0.25, 0.3) is 21.8 Å². The highest BCUT2D eigenvalue weighted by Gasteiger charge is 2.29. The Bertz CT molecular complexity index is 1750. The number of aromatic nitrogens is 2. The second kappa shape index (κ2) is 16.6. The normalized spacial score (nSPS) is 14.4. The number of aromatic amines is 2. The molecule has 0 aliphatic carbocycles. The average Bonchev–Trinajstić information content (AvgIpc) is 3.67. The molecular weight excluding hydrogens is 616 g/mol. The van der Waals surface area contributed by atoms with E-state index in [9.17, 15) is 29.1 Å². The number of rotatable bonds is 17. The zero-order chi connectivity index (χ0) is 34.8. The molecule has 2 heterocycles. The number of unbranched alkanes of at least 4 members (excludes halogenated alkanes) is 1. The number of amides is 4. The summed E-state index contributed by atoms with van der Waals surface area (Å²) in [5.41, 5.74) is 14.8. The highest BCUT2D eigenvalue weighted by molar-refractivity contribution is 5.96. The van der Waals surface area contributed by atoms with Gasteiger partial charge in [-0.3, -0.25) is 19.2 Å². The van der Waals surface area contributed by atoms with Crippen LogP contribution in [0.4, 0.5) is 0 Å². The summed E-state index contributed by atoms with van der Waals surface area (Å²) < 4.78 is 0. The summed E-state index contributed by atoms with van der Waals surface area (Å²) in [4.78, 5) is 70.7. The number of carboxylic acids is 1. The standard InChI is InChI=1S/C34H44N8O6/c1-19(30(43)39-20(2)31(44)42-29(34(47)48)16-22-18-38-27-13-6-4-10-24(22)27)40-33(46)28(41-32(45)25(36)11-7-8-14-35)15-21-17-37-26-12-5-3-9-23(21)26/h3-6,9-10,12-13,17-20,25,28-29,37-38H,7-8,11,14-16,35-36H2,1-2H3,(H,39,43)(H,40,46)(H,41,45)(H,42,44)(H,47,48)/t19-,20-,25-,28-,29-/m0/s1. The van der Waals surface area contributed by atoms with Gasteiger partial charge in [-0.1, -0.05) is 42.8 Å². The Morgan fingerprint density at radius 3 is 1.71 bits per heavy atom. The smallest absolute Gasteiger partial charge is 0.326 e. The van der Waals surface area contributed by atoms with Crippen LogP contribution in [-0.2, 0) is 36.8 Å². The lowest BCUT2D eigenvalue weighted by Gasteiger charge is -2.24. The van der Waals surface area contributed by atoms with Crippen molar-refractivity contribution in [2.45, 2.75) is 76.2 Å². The first-order valence-electron chi connectivity index (χ1n) is 16.0. The van der Waals surface area contributed by atoms with Crippen molar-refractivity contribution in [3.8, 4) is 0 Å². The molecular formula is C34H44N8O6. The van der Waals surface area contributed by atoms with Crippen molar-refractivity contribution in [3.63, 3.8) is 0 Å². The molecule has 4 aromatic rings. The van der Waals surface area contributed by atoms with E-state index in [1.54, 1.807) is 12.4 Å². The SMILES string of the molecule is C[C@H](NC(=O)[C@H](C)NC(=O)[C@H](Cc1c[nH]c2ccccc12)NC(=O)[C@@H](N)CCCCN)C(=O)N[C@@H](Cc1c[nH]c2ccccc12)C(=O)O. The highest BCUT2D eigenvalue weighted by Crippen LogP contribution is 2.20. The number of benzene rings is 2. The van der Waals surface area contributed by atoms with Gasteiger partial charge in [0, 0.05) is 47.0 Å². The first-order valence-corrected chi connectivity index (χ1v) is 16.0. The largest absolute Gasteiger partial charge is 0.480 e. The quantitative estimate of drug-likeness (QED) is 0.0738. The molecule has 2 aromatic carbocycles. The fourth-order valence-electron chi connectivity index (χ4n) is 5.45. The van der Waals surface area contributed by atoms with Crippen molar-refractivity contribution in [2.75, 3.05) is 6.54 Å². The minimum absolute atomic E-state index is 0.0262. The second-order valence-corrected chi connectivity index (χ2v) is 11.9. The number of carboxylic acid groups (broad SMARTS) is 1. The molecule has 11 N–H and O–H groups in total. The molecule has 4 amide bonds. The molecule has 14 heteroatoms. The predicted molar refractivity (Wildman–Crippen MR) is 182 cm³/mol. The Morgan fingerprint density at radius 1 is 0.688 bits per heavy atom. The molecule has 0 fully saturated rings. The van der Waals surface area contributed by atoms with Gasteiger partial charge in [0.05, 0.1) is 6.04 Å². The number of nitrogens with one attached hydrogen (secondary N) is 6. The maximum Gasteiger partial charge on any atom is 0.326 e. The Hall–Kier alpha value is -5.21. The van der Waals surface area contributed by atoms with E-state index in [2.05, 4.69) is 31.2 Å². The molecule has 0 saturated heterocycles. The number of aliphatic carboxylic acids is 1. The average molecular weight is 661 g/mol. The van der Waals surface area contributed by atoms with Crippen LogP contribution in [0.1, 0.15) is 44.2 Å². The molecule has 2 aromatic heterocycles. The van der Waals surface area contributed by atoms with E-state index in [1.165, 1.54) is 13.8 Å². The number of para-hydroxylation sites is 2. The van der Waals surface area contributed by atoms with Gasteiger partial charge in [0.15, 0.2) is 0 Å². The van der Waals surface area contributed by atoms with Crippen molar-refractivity contribution in [1.82, 2.24) is 31.2 Å². The molecule has 0 aliphatic heterocycles. The summed E-state index contributed by atoms with van der Waals surface area (Å²) in [7, 11) is 0. The molecule has 0 aliphatic rings. The Labute approximate surface area is 277 Å². The number of hydrogen-bond acceptors (Lipinski definition) is 7. The van der Waals surface area contributed by atoms with Gasteiger partial charge < -0.3 is 47.8 Å². The maximum atomic E-state index is 13.5. The Kier molecular flexibility index (Phi) is 12.3. The van der Waals surface area contributed by atoms with Crippen molar-refractivity contribution >= 4 is 51.4 Å². The fraction of sp³-hybridized carbons (Fsp3) is 0.382. The third kappa shape index (κ3) is 9.20. The molecule has 14 nitrogen and oxygen atoms in total. The van der Waals surface area contributed by atoms with Gasteiger partial charge >= 0.3 is 5.97 Å². The lowest BCUT2D eigenvalue weighted by molar-refractivity contribution is -0.142. The third-order valence-corrected chi connectivity index (χ3v) is 8.26. The first kappa shape index (κ1) is 35.6. The molecule has 0 radical (unpaired) electrons. The minimum atomic E-state index is -1.25. The van der Waals surface area contributed by atoms with Gasteiger partial charge in [-0.15, -0.1) is 0 Å². The lowest BCUT2D eigenvalue weighted by atomic mass is 10.0. The number of nitrogens with two attached hydrogens (primary N) is 2. The van der Waals surface area contributed by atoms with Crippen LogP contribution in [-0.4, -0.2) is 81.4 Å². The van der Waals surface area contributed by atoms with Crippen molar-refractivity contribution in [1.29, 1.82) is 0 Å². The third-order valence-electron chi connectivity index (χ3n) is 8.26. The van der Waals surface area contributed by atoms with Crippen molar-refractivity contribution < 1.29 is 29.1 Å². The number of H-pyrrole nitrogens is 2. The molecule has 5 atom stereocenters. The lowest BCUT2D eigenvalue weighted by Crippen LogP contribution is -2.57. The molecule has 0 saturated carbocycles. The van der Waals surface area contributed by atoms with Crippen LogP contribution < -0.4 is 32.7 Å². The van der Waals surface area contributed by atoms with E-state index in [4.69, 9.17) is 11.5 Å². The summed E-state index contributed by atoms with van der Waals surface area (Å²) >= 11 is 0. The maximum absolute atomic E-state index is 13.5. The monoisotopic (exact) mass is 660 g/mol. The predicted octanol–water partition coefficient (Wildman–Crippen LogP) is 0.954. The number of fused-ring (bicyclic) bond motifs is 2. The van der Waals surface area contributed by atoms with E-state index in [0.29, 0.717) is 25.8 Å². The fourth-order valence-corrected chi connectivity index (χ4v) is 5.45. The van der Waals surface area contributed by atoms with E-state index in [-0.39, 0.29) is 12.8 Å². The Morgan fingerprint density at radius 2 is 1.17 bits per heavy atom. The van der Waals surface area contributed by atoms with Gasteiger partial charge in [0.25, 0.3) is 0 Å². The first-order chi connectivity index (χ1) is 23.0. The molecule has 0 spiro atoms. The van der Waals surface area contributed by atoms with E-state index >= 15 is 0 Å². The number of carbonyl (C=O) groups excluding carboxylic acids is 4. The van der Waals surface area contributed by atoms with E-state index in [0.717, 1.165) is 32.9 Å². The zero-order valence-electron chi connectivity index (χ0n) is 27.0. The van der Waals surface area contributed by atoms with Crippen LogP contribution in [0, 0.1) is 0 Å². The van der Waals surface area contributed by atoms with Crippen LogP contribution in [0.3, 0.4) is 0 Å². The zero-order valence-corrected chi connectivity index (χ0v) is 27.0. The summed E-state index contributed by atoms with van der Waals surface area (Å²) in [6.07, 6.45) is 5.38. The van der Waals surface area contributed by atoms with Crippen LogP contribution >= 0.6 is 0 Å². The minimum Gasteiger partial charge on any atom is -0.480 e. The topological polar surface area (TPSA) is 237 Å². The highest BCUT2D eigenvalue weighted by atomic mass is 16.4.